The van der Waals surface area contributed by atoms with Gasteiger partial charge in [-0.25, -0.2) is 4.98 Å². The summed E-state index contributed by atoms with van der Waals surface area (Å²) in [5.74, 6) is 2.61. The zero-order valence-corrected chi connectivity index (χ0v) is 8.95. The molecule has 2 aromatic rings. The standard InChI is InChI=1S/C11H15N3O/c1-7(12)5-11-13-6-9(14-11)10-4-3-8(2)15-10/h3-4,6-7H,5,12H2,1-2H3,(H,13,14). The minimum Gasteiger partial charge on any atom is -0.460 e. The molecule has 0 fully saturated rings. The van der Waals surface area contributed by atoms with Crippen molar-refractivity contribution in [1.82, 2.24) is 9.97 Å². The number of nitrogens with two attached hydrogens (primary N) is 1. The van der Waals surface area contributed by atoms with Crippen LogP contribution >= 0.6 is 0 Å². The molecule has 3 N–H and O–H groups in total. The molecule has 2 rings (SSSR count). The van der Waals surface area contributed by atoms with Crippen LogP contribution in [0.25, 0.3) is 11.5 Å². The van der Waals surface area contributed by atoms with Gasteiger partial charge in [0.05, 0.1) is 6.20 Å². The van der Waals surface area contributed by atoms with Crippen molar-refractivity contribution in [3.05, 3.63) is 29.9 Å². The maximum Gasteiger partial charge on any atom is 0.152 e. The number of imidazole rings is 1. The molecule has 15 heavy (non-hydrogen) atoms. The third-order valence-electron chi connectivity index (χ3n) is 2.15. The average Bonchev–Trinajstić information content (AvgIpc) is 2.72. The molecule has 1 unspecified atom stereocenters. The lowest BCUT2D eigenvalue weighted by atomic mass is 10.2. The van der Waals surface area contributed by atoms with E-state index < -0.39 is 0 Å². The van der Waals surface area contributed by atoms with Crippen LogP contribution in [-0.4, -0.2) is 16.0 Å². The van der Waals surface area contributed by atoms with E-state index in [1.807, 2.05) is 26.0 Å². The molecule has 2 aromatic heterocycles. The predicted molar refractivity (Wildman–Crippen MR) is 58.4 cm³/mol. The second-order valence-corrected chi connectivity index (χ2v) is 3.84. The molecular weight excluding hydrogens is 190 g/mol. The van der Waals surface area contributed by atoms with Crippen LogP contribution in [0.4, 0.5) is 0 Å². The van der Waals surface area contributed by atoms with Gasteiger partial charge < -0.3 is 15.1 Å². The van der Waals surface area contributed by atoms with Gasteiger partial charge in [-0.2, -0.15) is 0 Å². The Bertz CT molecular complexity index is 442. The van der Waals surface area contributed by atoms with Gasteiger partial charge in [0.2, 0.25) is 0 Å². The minimum absolute atomic E-state index is 0.113. The number of rotatable bonds is 3. The van der Waals surface area contributed by atoms with E-state index in [0.717, 1.165) is 29.5 Å². The fourth-order valence-corrected chi connectivity index (χ4v) is 1.48. The lowest BCUT2D eigenvalue weighted by Gasteiger charge is -1.99. The van der Waals surface area contributed by atoms with Gasteiger partial charge in [0.1, 0.15) is 17.3 Å². The largest absolute Gasteiger partial charge is 0.460 e. The summed E-state index contributed by atoms with van der Waals surface area (Å²) in [6.45, 7) is 3.88. The van der Waals surface area contributed by atoms with Crippen LogP contribution in [0.2, 0.25) is 0 Å². The second-order valence-electron chi connectivity index (χ2n) is 3.84. The molecule has 2 heterocycles. The third kappa shape index (κ3) is 2.27. The zero-order valence-electron chi connectivity index (χ0n) is 8.95. The number of aromatic nitrogens is 2. The molecule has 0 amide bonds. The van der Waals surface area contributed by atoms with Gasteiger partial charge in [-0.05, 0) is 26.0 Å². The monoisotopic (exact) mass is 205 g/mol. The Morgan fingerprint density at radius 1 is 1.53 bits per heavy atom. The SMILES string of the molecule is Cc1ccc(-c2cnc(CC(C)N)[nH]2)o1. The number of aryl methyl sites for hydroxylation is 1. The third-order valence-corrected chi connectivity index (χ3v) is 2.15. The number of furan rings is 1. The van der Waals surface area contributed by atoms with Crippen LogP contribution in [-0.2, 0) is 6.42 Å². The number of nitrogens with one attached hydrogen (secondary N) is 1. The number of hydrogen-bond donors (Lipinski definition) is 2. The Labute approximate surface area is 88.5 Å². The number of H-pyrrole nitrogens is 1. The first-order valence-corrected chi connectivity index (χ1v) is 5.01. The summed E-state index contributed by atoms with van der Waals surface area (Å²) in [5, 5.41) is 0. The molecule has 0 aliphatic heterocycles. The van der Waals surface area contributed by atoms with E-state index in [9.17, 15) is 0 Å². The Balaban J connectivity index is 2.20. The highest BCUT2D eigenvalue weighted by molar-refractivity contribution is 5.51. The van der Waals surface area contributed by atoms with Crippen LogP contribution in [0.3, 0.4) is 0 Å². The van der Waals surface area contributed by atoms with Gasteiger partial charge >= 0.3 is 0 Å². The van der Waals surface area contributed by atoms with Crippen LogP contribution < -0.4 is 5.73 Å². The summed E-state index contributed by atoms with van der Waals surface area (Å²) in [4.78, 5) is 7.44. The fraction of sp³-hybridized carbons (Fsp3) is 0.364. The lowest BCUT2D eigenvalue weighted by Crippen LogP contribution is -2.18. The number of hydrogen-bond acceptors (Lipinski definition) is 3. The summed E-state index contributed by atoms with van der Waals surface area (Å²) in [6.07, 6.45) is 2.52. The normalized spacial score (nSPS) is 13.0. The molecule has 4 nitrogen and oxygen atoms in total. The van der Waals surface area contributed by atoms with Crippen molar-refractivity contribution in [2.75, 3.05) is 0 Å². The number of nitrogens with zero attached hydrogens (tertiary/aromatic N) is 1. The van der Waals surface area contributed by atoms with Gasteiger partial charge in [0, 0.05) is 12.5 Å². The Morgan fingerprint density at radius 3 is 2.93 bits per heavy atom. The summed E-state index contributed by atoms with van der Waals surface area (Å²) in [6, 6.07) is 3.97. The summed E-state index contributed by atoms with van der Waals surface area (Å²) >= 11 is 0. The summed E-state index contributed by atoms with van der Waals surface area (Å²) < 4.78 is 5.49. The van der Waals surface area contributed by atoms with Crippen molar-refractivity contribution in [2.45, 2.75) is 26.3 Å². The lowest BCUT2D eigenvalue weighted by molar-refractivity contribution is 0.546. The zero-order chi connectivity index (χ0) is 10.8. The summed E-state index contributed by atoms with van der Waals surface area (Å²) in [7, 11) is 0. The predicted octanol–water partition coefficient (Wildman–Crippen LogP) is 1.87. The Morgan fingerprint density at radius 2 is 2.33 bits per heavy atom. The second kappa shape index (κ2) is 3.90. The van der Waals surface area contributed by atoms with Gasteiger partial charge in [-0.3, -0.25) is 0 Å². The van der Waals surface area contributed by atoms with Crippen molar-refractivity contribution in [3.8, 4) is 11.5 Å². The van der Waals surface area contributed by atoms with Crippen molar-refractivity contribution in [2.24, 2.45) is 5.73 Å². The first kappa shape index (κ1) is 9.98. The maximum absolute atomic E-state index is 5.69. The fourth-order valence-electron chi connectivity index (χ4n) is 1.48. The molecule has 0 aliphatic rings. The maximum atomic E-state index is 5.69. The average molecular weight is 205 g/mol. The van der Waals surface area contributed by atoms with E-state index in [0.29, 0.717) is 0 Å². The van der Waals surface area contributed by atoms with Crippen molar-refractivity contribution >= 4 is 0 Å². The van der Waals surface area contributed by atoms with E-state index in [4.69, 9.17) is 10.2 Å². The van der Waals surface area contributed by atoms with E-state index in [2.05, 4.69) is 9.97 Å². The highest BCUT2D eigenvalue weighted by Crippen LogP contribution is 2.19. The minimum atomic E-state index is 0.113. The van der Waals surface area contributed by atoms with E-state index in [1.165, 1.54) is 0 Å². The van der Waals surface area contributed by atoms with Crippen molar-refractivity contribution in [1.29, 1.82) is 0 Å². The molecule has 0 aliphatic carbocycles. The summed E-state index contributed by atoms with van der Waals surface area (Å²) in [5.41, 5.74) is 6.59. The Hall–Kier alpha value is -1.55. The van der Waals surface area contributed by atoms with Crippen molar-refractivity contribution < 1.29 is 4.42 Å². The number of aromatic amines is 1. The van der Waals surface area contributed by atoms with Crippen LogP contribution in [0, 0.1) is 6.92 Å². The molecule has 0 bridgehead atoms. The molecule has 80 valence electrons. The van der Waals surface area contributed by atoms with Crippen LogP contribution in [0.1, 0.15) is 18.5 Å². The van der Waals surface area contributed by atoms with Gasteiger partial charge in [0.15, 0.2) is 5.76 Å². The van der Waals surface area contributed by atoms with Crippen LogP contribution in [0.15, 0.2) is 22.7 Å². The quantitative estimate of drug-likeness (QED) is 0.803. The van der Waals surface area contributed by atoms with Gasteiger partial charge in [-0.15, -0.1) is 0 Å². The van der Waals surface area contributed by atoms with E-state index in [1.54, 1.807) is 6.20 Å². The molecular formula is C11H15N3O. The molecule has 4 heteroatoms. The molecule has 0 aromatic carbocycles. The van der Waals surface area contributed by atoms with E-state index >= 15 is 0 Å². The first-order chi connectivity index (χ1) is 7.15. The van der Waals surface area contributed by atoms with E-state index in [-0.39, 0.29) is 6.04 Å². The molecule has 0 radical (unpaired) electrons. The molecule has 0 spiro atoms. The smallest absolute Gasteiger partial charge is 0.152 e. The first-order valence-electron chi connectivity index (χ1n) is 5.01. The highest BCUT2D eigenvalue weighted by atomic mass is 16.3. The molecule has 0 saturated carbocycles. The van der Waals surface area contributed by atoms with Crippen LogP contribution in [0.5, 0.6) is 0 Å². The van der Waals surface area contributed by atoms with Gasteiger partial charge in [-0.1, -0.05) is 0 Å². The molecule has 0 saturated heterocycles. The van der Waals surface area contributed by atoms with Crippen molar-refractivity contribution in [3.63, 3.8) is 0 Å². The van der Waals surface area contributed by atoms with Gasteiger partial charge in [0.25, 0.3) is 0 Å². The topological polar surface area (TPSA) is 67.8 Å². The highest BCUT2D eigenvalue weighted by Gasteiger charge is 2.07. The Kier molecular flexibility index (Phi) is 2.60. The molecule has 1 atom stereocenters.